The van der Waals surface area contributed by atoms with E-state index < -0.39 is 0 Å². The molecule has 3 nitrogen and oxygen atoms in total. The Morgan fingerprint density at radius 3 is 2.93 bits per heavy atom. The van der Waals surface area contributed by atoms with Crippen molar-refractivity contribution >= 4 is 0 Å². The van der Waals surface area contributed by atoms with E-state index in [1.165, 1.54) is 5.56 Å². The van der Waals surface area contributed by atoms with Crippen molar-refractivity contribution in [3.8, 4) is 0 Å². The maximum atomic E-state index is 5.46. The third kappa shape index (κ3) is 1.94. The number of ether oxygens (including phenoxy) is 2. The summed E-state index contributed by atoms with van der Waals surface area (Å²) in [5.41, 5.74) is 2.38. The Morgan fingerprint density at radius 2 is 2.21 bits per heavy atom. The smallest absolute Gasteiger partial charge is 0.185 e. The van der Waals surface area contributed by atoms with Gasteiger partial charge in [0.15, 0.2) is 6.29 Å². The molecule has 1 aromatic rings. The predicted molar refractivity (Wildman–Crippen MR) is 52.9 cm³/mol. The second kappa shape index (κ2) is 4.53. The Kier molecular flexibility index (Phi) is 3.11. The van der Waals surface area contributed by atoms with Gasteiger partial charge in [-0.1, -0.05) is 13.3 Å². The zero-order valence-corrected chi connectivity index (χ0v) is 8.40. The van der Waals surface area contributed by atoms with Gasteiger partial charge in [0.25, 0.3) is 0 Å². The first-order valence-electron chi connectivity index (χ1n) is 5.08. The van der Waals surface area contributed by atoms with Crippen LogP contribution >= 0.6 is 0 Å². The molecule has 2 rings (SSSR count). The Balaban J connectivity index is 2.21. The first kappa shape index (κ1) is 9.62. The van der Waals surface area contributed by atoms with Crippen LogP contribution in [-0.4, -0.2) is 18.2 Å². The lowest BCUT2D eigenvalue weighted by Crippen LogP contribution is -2.03. The SMILES string of the molecule is CCCc1ccncc1C1OCCO1. The van der Waals surface area contributed by atoms with Gasteiger partial charge in [-0.15, -0.1) is 0 Å². The monoisotopic (exact) mass is 193 g/mol. The fourth-order valence-corrected chi connectivity index (χ4v) is 1.68. The highest BCUT2D eigenvalue weighted by molar-refractivity contribution is 5.24. The van der Waals surface area contributed by atoms with Crippen molar-refractivity contribution in [1.82, 2.24) is 4.98 Å². The van der Waals surface area contributed by atoms with Crippen molar-refractivity contribution in [3.63, 3.8) is 0 Å². The van der Waals surface area contributed by atoms with Crippen LogP contribution in [-0.2, 0) is 15.9 Å². The third-order valence-electron chi connectivity index (χ3n) is 2.34. The van der Waals surface area contributed by atoms with Crippen LogP contribution in [0.5, 0.6) is 0 Å². The number of nitrogens with zero attached hydrogens (tertiary/aromatic N) is 1. The number of rotatable bonds is 3. The molecule has 1 aromatic heterocycles. The second-order valence-corrected chi connectivity index (χ2v) is 3.40. The molecule has 0 radical (unpaired) electrons. The van der Waals surface area contributed by atoms with Gasteiger partial charge in [-0.25, -0.2) is 0 Å². The molecule has 1 saturated heterocycles. The van der Waals surface area contributed by atoms with Gasteiger partial charge in [0.2, 0.25) is 0 Å². The zero-order chi connectivity index (χ0) is 9.80. The maximum absolute atomic E-state index is 5.46. The van der Waals surface area contributed by atoms with E-state index in [9.17, 15) is 0 Å². The van der Waals surface area contributed by atoms with E-state index in [0.29, 0.717) is 13.2 Å². The van der Waals surface area contributed by atoms with Gasteiger partial charge in [-0.3, -0.25) is 4.98 Å². The maximum Gasteiger partial charge on any atom is 0.185 e. The number of hydrogen-bond donors (Lipinski definition) is 0. The summed E-state index contributed by atoms with van der Waals surface area (Å²) in [6.07, 6.45) is 5.67. The molecule has 0 saturated carbocycles. The number of hydrogen-bond acceptors (Lipinski definition) is 3. The average Bonchev–Trinajstić information content (AvgIpc) is 2.72. The Bertz CT molecular complexity index is 295. The summed E-state index contributed by atoms with van der Waals surface area (Å²) >= 11 is 0. The van der Waals surface area contributed by atoms with Gasteiger partial charge in [0.1, 0.15) is 0 Å². The van der Waals surface area contributed by atoms with Crippen LogP contribution < -0.4 is 0 Å². The highest BCUT2D eigenvalue weighted by Gasteiger charge is 2.20. The van der Waals surface area contributed by atoms with Crippen LogP contribution in [0.3, 0.4) is 0 Å². The highest BCUT2D eigenvalue weighted by Crippen LogP contribution is 2.26. The van der Waals surface area contributed by atoms with Crippen molar-refractivity contribution in [1.29, 1.82) is 0 Å². The minimum Gasteiger partial charge on any atom is -0.346 e. The van der Waals surface area contributed by atoms with Crippen molar-refractivity contribution in [2.45, 2.75) is 26.1 Å². The summed E-state index contributed by atoms with van der Waals surface area (Å²) in [5, 5.41) is 0. The summed E-state index contributed by atoms with van der Waals surface area (Å²) in [5.74, 6) is 0. The van der Waals surface area contributed by atoms with E-state index in [0.717, 1.165) is 18.4 Å². The van der Waals surface area contributed by atoms with Gasteiger partial charge in [0, 0.05) is 18.0 Å². The molecule has 0 N–H and O–H groups in total. The molecular weight excluding hydrogens is 178 g/mol. The molecule has 76 valence electrons. The van der Waals surface area contributed by atoms with E-state index in [1.54, 1.807) is 0 Å². The van der Waals surface area contributed by atoms with E-state index in [2.05, 4.69) is 11.9 Å². The van der Waals surface area contributed by atoms with Crippen molar-refractivity contribution in [3.05, 3.63) is 29.6 Å². The minimum atomic E-state index is -0.190. The lowest BCUT2D eigenvalue weighted by atomic mass is 10.1. The zero-order valence-electron chi connectivity index (χ0n) is 8.40. The summed E-state index contributed by atoms with van der Waals surface area (Å²) in [6, 6.07) is 2.05. The van der Waals surface area contributed by atoms with Crippen molar-refractivity contribution in [2.24, 2.45) is 0 Å². The van der Waals surface area contributed by atoms with Gasteiger partial charge < -0.3 is 9.47 Å². The highest BCUT2D eigenvalue weighted by atomic mass is 16.7. The molecule has 0 amide bonds. The number of aromatic nitrogens is 1. The van der Waals surface area contributed by atoms with Crippen LogP contribution in [0, 0.1) is 0 Å². The van der Waals surface area contributed by atoms with Crippen LogP contribution in [0.25, 0.3) is 0 Å². The molecule has 0 unspecified atom stereocenters. The number of aryl methyl sites for hydroxylation is 1. The largest absolute Gasteiger partial charge is 0.346 e. The van der Waals surface area contributed by atoms with Crippen LogP contribution in [0.4, 0.5) is 0 Å². The molecule has 1 aliphatic heterocycles. The Labute approximate surface area is 84.1 Å². The van der Waals surface area contributed by atoms with Gasteiger partial charge in [0.05, 0.1) is 13.2 Å². The summed E-state index contributed by atoms with van der Waals surface area (Å²) in [7, 11) is 0. The standard InChI is InChI=1S/C11H15NO2/c1-2-3-9-4-5-12-8-10(9)11-13-6-7-14-11/h4-5,8,11H,2-3,6-7H2,1H3. The first-order valence-corrected chi connectivity index (χ1v) is 5.08. The summed E-state index contributed by atoms with van der Waals surface area (Å²) < 4.78 is 10.9. The average molecular weight is 193 g/mol. The first-order chi connectivity index (χ1) is 6.92. The lowest BCUT2D eigenvalue weighted by Gasteiger charge is -2.13. The fraction of sp³-hybridized carbons (Fsp3) is 0.545. The van der Waals surface area contributed by atoms with Crippen molar-refractivity contribution in [2.75, 3.05) is 13.2 Å². The molecule has 1 aliphatic rings. The second-order valence-electron chi connectivity index (χ2n) is 3.40. The summed E-state index contributed by atoms with van der Waals surface area (Å²) in [4.78, 5) is 4.11. The van der Waals surface area contributed by atoms with Gasteiger partial charge >= 0.3 is 0 Å². The van der Waals surface area contributed by atoms with E-state index in [4.69, 9.17) is 9.47 Å². The molecule has 0 bridgehead atoms. The van der Waals surface area contributed by atoms with E-state index >= 15 is 0 Å². The van der Waals surface area contributed by atoms with E-state index in [-0.39, 0.29) is 6.29 Å². The molecule has 14 heavy (non-hydrogen) atoms. The third-order valence-corrected chi connectivity index (χ3v) is 2.34. The molecule has 0 aromatic carbocycles. The molecule has 0 spiro atoms. The topological polar surface area (TPSA) is 31.4 Å². The van der Waals surface area contributed by atoms with Crippen LogP contribution in [0.2, 0.25) is 0 Å². The quantitative estimate of drug-likeness (QED) is 0.736. The molecule has 0 atom stereocenters. The molecule has 2 heterocycles. The van der Waals surface area contributed by atoms with Crippen LogP contribution in [0.1, 0.15) is 30.8 Å². The van der Waals surface area contributed by atoms with Gasteiger partial charge in [-0.05, 0) is 18.1 Å². The molecular formula is C11H15NO2. The Hall–Kier alpha value is -0.930. The molecule has 1 fully saturated rings. The van der Waals surface area contributed by atoms with Crippen LogP contribution in [0.15, 0.2) is 18.5 Å². The minimum absolute atomic E-state index is 0.190. The molecule has 0 aliphatic carbocycles. The normalized spacial score (nSPS) is 17.5. The fourth-order valence-electron chi connectivity index (χ4n) is 1.68. The van der Waals surface area contributed by atoms with Crippen molar-refractivity contribution < 1.29 is 9.47 Å². The summed E-state index contributed by atoms with van der Waals surface area (Å²) in [6.45, 7) is 3.54. The lowest BCUT2D eigenvalue weighted by molar-refractivity contribution is -0.0449. The Morgan fingerprint density at radius 1 is 1.43 bits per heavy atom. The number of pyridine rings is 1. The van der Waals surface area contributed by atoms with E-state index in [1.807, 2.05) is 18.5 Å². The molecule has 3 heteroatoms. The predicted octanol–water partition coefficient (Wildman–Crippen LogP) is 2.08. The van der Waals surface area contributed by atoms with Gasteiger partial charge in [-0.2, -0.15) is 0 Å².